The van der Waals surface area contributed by atoms with Crippen molar-refractivity contribution < 1.29 is 12.6 Å². The van der Waals surface area contributed by atoms with Crippen LogP contribution in [0.1, 0.15) is 204 Å². The van der Waals surface area contributed by atoms with E-state index in [1.165, 1.54) is 109 Å². The molecule has 0 bridgehead atoms. The van der Waals surface area contributed by atoms with Gasteiger partial charge < -0.3 is 0 Å². The van der Waals surface area contributed by atoms with Crippen LogP contribution in [0.5, 0.6) is 0 Å². The number of fused-ring (bicyclic) bond motifs is 10. The third kappa shape index (κ3) is 7.84. The zero-order valence-electron chi connectivity index (χ0n) is 38.7. The Labute approximate surface area is 354 Å². The van der Waals surface area contributed by atoms with E-state index in [0.717, 1.165) is 96.7 Å². The molecule has 6 saturated carbocycles. The van der Waals surface area contributed by atoms with E-state index in [-0.39, 0.29) is 23.0 Å². The van der Waals surface area contributed by atoms with Crippen molar-refractivity contribution in [2.45, 2.75) is 216 Å². The van der Waals surface area contributed by atoms with E-state index in [4.69, 9.17) is 8.37 Å². The Morgan fingerprint density at radius 2 is 1.02 bits per heavy atom. The minimum atomic E-state index is -1.68. The molecule has 0 spiro atoms. The fraction of sp³-hybridized carbons (Fsp3) is 0.925. The maximum atomic E-state index is 13.6. The summed E-state index contributed by atoms with van der Waals surface area (Å²) in [4.78, 5) is 0. The molecule has 17 atom stereocenters. The minimum absolute atomic E-state index is 0.0152. The van der Waals surface area contributed by atoms with Crippen LogP contribution in [0.3, 0.4) is 0 Å². The average molecular weight is 805 g/mol. The largest absolute Gasteiger partial charge is 0.305 e. The van der Waals surface area contributed by atoms with Gasteiger partial charge in [0.1, 0.15) is 0 Å². The molecule has 0 radical (unpaired) electrons. The fourth-order valence-electron chi connectivity index (χ4n) is 17.5. The molecule has 0 heterocycles. The summed E-state index contributed by atoms with van der Waals surface area (Å²) in [5, 5.41) is 0. The zero-order chi connectivity index (χ0) is 40.5. The van der Waals surface area contributed by atoms with Crippen LogP contribution in [0.4, 0.5) is 0 Å². The number of hydrogen-bond donors (Lipinski definition) is 0. The molecule has 0 aromatic heterocycles. The summed E-state index contributed by atoms with van der Waals surface area (Å²) in [7, 11) is 0. The molecule has 0 N–H and O–H groups in total. The Kier molecular flexibility index (Phi) is 12.6. The van der Waals surface area contributed by atoms with E-state index >= 15 is 0 Å². The first-order valence-corrected chi connectivity index (χ1v) is 26.2. The van der Waals surface area contributed by atoms with Crippen molar-refractivity contribution >= 4 is 11.4 Å². The summed E-state index contributed by atoms with van der Waals surface area (Å²) in [6.07, 6.45) is 32.6. The van der Waals surface area contributed by atoms with Crippen LogP contribution in [-0.4, -0.2) is 16.4 Å². The SMILES string of the molecule is CC(C)CCC[C@H](C)[C@@H]1CC[C@@H]2[C@@H]3CC=C4C[C@@H](O[S@](=O)O[C@@H]5CC[C@]6(C)C(=CC[C@H]7[C@@H]8CC[C@@H]([C@H](C)CCC(C)C)[C@@]8(C)CC[C@@H]76)C5)CC[C@]4(C)[C@H]3CC[C@@]21C. The molecular formula is C53H88O3S. The maximum Gasteiger partial charge on any atom is 0.305 e. The first-order chi connectivity index (χ1) is 27.1. The van der Waals surface area contributed by atoms with Crippen LogP contribution in [0.15, 0.2) is 23.3 Å². The van der Waals surface area contributed by atoms with Crippen LogP contribution in [0.25, 0.3) is 0 Å². The summed E-state index contributed by atoms with van der Waals surface area (Å²) < 4.78 is 26.3. The Balaban J connectivity index is 0.843. The Morgan fingerprint density at radius 1 is 0.561 bits per heavy atom. The molecule has 0 aromatic rings. The lowest BCUT2D eigenvalue weighted by molar-refractivity contribution is -0.0581. The molecule has 0 amide bonds. The number of allylic oxidation sites excluding steroid dienone is 2. The molecule has 6 fully saturated rings. The normalized spacial score (nSPS) is 46.8. The van der Waals surface area contributed by atoms with Crippen LogP contribution in [0, 0.1) is 92.7 Å². The predicted octanol–water partition coefficient (Wildman–Crippen LogP) is 15.0. The van der Waals surface area contributed by atoms with E-state index in [9.17, 15) is 4.21 Å². The summed E-state index contributed by atoms with van der Waals surface area (Å²) in [5.41, 5.74) is 4.87. The predicted molar refractivity (Wildman–Crippen MR) is 239 cm³/mol. The van der Waals surface area contributed by atoms with E-state index in [2.05, 4.69) is 81.4 Å². The van der Waals surface area contributed by atoms with Crippen molar-refractivity contribution in [1.82, 2.24) is 0 Å². The van der Waals surface area contributed by atoms with Gasteiger partial charge in [-0.1, -0.05) is 125 Å². The Bertz CT molecular complexity index is 1510. The summed E-state index contributed by atoms with van der Waals surface area (Å²) in [5.74, 6) is 10.3. The lowest BCUT2D eigenvalue weighted by atomic mass is 9.47. The molecule has 0 aromatic carbocycles. The van der Waals surface area contributed by atoms with Gasteiger partial charge in [0.25, 0.3) is 0 Å². The molecule has 8 aliphatic rings. The zero-order valence-corrected chi connectivity index (χ0v) is 39.5. The third-order valence-corrected chi connectivity index (χ3v) is 21.6. The summed E-state index contributed by atoms with van der Waals surface area (Å²) in [6, 6.07) is 0. The highest BCUT2D eigenvalue weighted by Crippen LogP contribution is 2.69. The van der Waals surface area contributed by atoms with Crippen LogP contribution < -0.4 is 0 Å². The first kappa shape index (κ1) is 43.2. The second-order valence-electron chi connectivity index (χ2n) is 24.4. The molecule has 0 unspecified atom stereocenters. The second-order valence-corrected chi connectivity index (χ2v) is 25.1. The molecule has 57 heavy (non-hydrogen) atoms. The molecule has 4 heteroatoms. The van der Waals surface area contributed by atoms with Gasteiger partial charge in [-0.2, -0.15) is 4.21 Å². The quantitative estimate of drug-likeness (QED) is 0.174. The molecule has 0 saturated heterocycles. The molecule has 8 aliphatic carbocycles. The van der Waals surface area contributed by atoms with Gasteiger partial charge in [-0.05, 0) is 195 Å². The van der Waals surface area contributed by atoms with E-state index in [1.807, 2.05) is 0 Å². The number of rotatable bonds is 13. The van der Waals surface area contributed by atoms with Gasteiger partial charge in [-0.15, -0.1) is 0 Å². The monoisotopic (exact) mass is 805 g/mol. The molecular weight excluding hydrogens is 717 g/mol. The Morgan fingerprint density at radius 3 is 1.47 bits per heavy atom. The molecule has 324 valence electrons. The number of hydrogen-bond acceptors (Lipinski definition) is 3. The highest BCUT2D eigenvalue weighted by molar-refractivity contribution is 7.75. The molecule has 8 rings (SSSR count). The van der Waals surface area contributed by atoms with Crippen LogP contribution >= 0.6 is 0 Å². The van der Waals surface area contributed by atoms with Gasteiger partial charge in [0.2, 0.25) is 0 Å². The summed E-state index contributed by atoms with van der Waals surface area (Å²) >= 11 is -1.68. The fourth-order valence-corrected chi connectivity index (χ4v) is 18.3. The van der Waals surface area contributed by atoms with E-state index in [0.29, 0.717) is 10.8 Å². The van der Waals surface area contributed by atoms with Crippen LogP contribution in [-0.2, 0) is 19.7 Å². The van der Waals surface area contributed by atoms with Crippen LogP contribution in [0.2, 0.25) is 0 Å². The van der Waals surface area contributed by atoms with Gasteiger partial charge in [0.15, 0.2) is 0 Å². The van der Waals surface area contributed by atoms with Gasteiger partial charge in [0.05, 0.1) is 12.2 Å². The minimum Gasteiger partial charge on any atom is -0.265 e. The lowest BCUT2D eigenvalue weighted by Gasteiger charge is -2.58. The van der Waals surface area contributed by atoms with Crippen molar-refractivity contribution in [1.29, 1.82) is 0 Å². The smallest absolute Gasteiger partial charge is 0.265 e. The third-order valence-electron chi connectivity index (χ3n) is 20.7. The standard InChI is InChI=1S/C53H88O3S/c1-34(2)12-11-13-36(5)44-20-22-46-42-18-16-38-32-40(24-28-50(38,7)48(42)26-30-52(44,46)9)55-57(54)56-41-25-29-51(8)39(33-41)17-19-43-47-23-21-45(37(6)15-14-35(3)4)53(47,10)31-27-49(43)51/h16-17,34-37,40-49H,11-15,18-33H2,1-10H3/t36-,37+,40-,41+,42-,43-,44-,45-,46+,47-,48-,49-,50-,51+,52+,53+,57-/m0/s1. The Hall–Kier alpha value is -0.450. The van der Waals surface area contributed by atoms with E-state index in [1.54, 1.807) is 11.1 Å². The molecule has 0 aliphatic heterocycles. The highest BCUT2D eigenvalue weighted by atomic mass is 32.2. The topological polar surface area (TPSA) is 35.5 Å². The van der Waals surface area contributed by atoms with Gasteiger partial charge in [-0.25, -0.2) is 0 Å². The van der Waals surface area contributed by atoms with Crippen molar-refractivity contribution in [3.63, 3.8) is 0 Å². The van der Waals surface area contributed by atoms with Gasteiger partial charge in [-0.3, -0.25) is 8.37 Å². The highest BCUT2D eigenvalue weighted by Gasteiger charge is 2.61. The van der Waals surface area contributed by atoms with Crippen molar-refractivity contribution in [3.8, 4) is 0 Å². The van der Waals surface area contributed by atoms with Crippen molar-refractivity contribution in [3.05, 3.63) is 23.3 Å². The van der Waals surface area contributed by atoms with Crippen molar-refractivity contribution in [2.24, 2.45) is 92.7 Å². The average Bonchev–Trinajstić information content (AvgIpc) is 3.71. The molecule has 3 nitrogen and oxygen atoms in total. The maximum absolute atomic E-state index is 13.6. The lowest BCUT2D eigenvalue weighted by Crippen LogP contribution is -2.51. The first-order valence-electron chi connectivity index (χ1n) is 25.2. The second kappa shape index (κ2) is 16.7. The summed E-state index contributed by atoms with van der Waals surface area (Å²) in [6.45, 7) is 25.4. The van der Waals surface area contributed by atoms with Crippen molar-refractivity contribution in [2.75, 3.05) is 0 Å². The van der Waals surface area contributed by atoms with Gasteiger partial charge in [0, 0.05) is 0 Å². The van der Waals surface area contributed by atoms with E-state index < -0.39 is 11.4 Å². The van der Waals surface area contributed by atoms with Gasteiger partial charge >= 0.3 is 11.4 Å².